The van der Waals surface area contributed by atoms with Crippen LogP contribution in [0.5, 0.6) is 0 Å². The largest absolute Gasteiger partial charge is 0.393 e. The zero-order valence-electron chi connectivity index (χ0n) is 12.6. The summed E-state index contributed by atoms with van der Waals surface area (Å²) >= 11 is 0. The van der Waals surface area contributed by atoms with Crippen molar-refractivity contribution in [2.24, 2.45) is 0 Å². The molecule has 1 aliphatic heterocycles. The number of benzene rings is 1. The Bertz CT molecular complexity index is 542. The molecule has 1 unspecified atom stereocenters. The molecule has 2 N–H and O–H groups in total. The first-order valence-electron chi connectivity index (χ1n) is 7.38. The van der Waals surface area contributed by atoms with E-state index in [0.717, 1.165) is 11.3 Å². The SMILES string of the molecule is CCC(O)CCNC(=O)c1ccc2c(c1)CCC(=O)N2C. The van der Waals surface area contributed by atoms with Gasteiger partial charge in [0.25, 0.3) is 5.91 Å². The molecule has 5 heteroatoms. The highest BCUT2D eigenvalue weighted by Gasteiger charge is 2.21. The fourth-order valence-corrected chi connectivity index (χ4v) is 2.46. The van der Waals surface area contributed by atoms with Gasteiger partial charge in [-0.2, -0.15) is 0 Å². The molecule has 1 aliphatic rings. The number of carbonyl (C=O) groups excluding carboxylic acids is 2. The molecule has 0 bridgehead atoms. The van der Waals surface area contributed by atoms with E-state index in [0.29, 0.717) is 37.8 Å². The van der Waals surface area contributed by atoms with E-state index in [1.54, 1.807) is 18.0 Å². The third kappa shape index (κ3) is 3.61. The number of hydrogen-bond acceptors (Lipinski definition) is 3. The fourth-order valence-electron chi connectivity index (χ4n) is 2.46. The Kier molecular flexibility index (Phi) is 4.96. The molecule has 0 aromatic heterocycles. The minimum Gasteiger partial charge on any atom is -0.393 e. The van der Waals surface area contributed by atoms with Gasteiger partial charge in [0.05, 0.1) is 6.10 Å². The molecule has 1 aromatic rings. The molecule has 114 valence electrons. The zero-order chi connectivity index (χ0) is 15.4. The van der Waals surface area contributed by atoms with Gasteiger partial charge in [0.2, 0.25) is 5.91 Å². The molecule has 5 nitrogen and oxygen atoms in total. The monoisotopic (exact) mass is 290 g/mol. The van der Waals surface area contributed by atoms with Crippen molar-refractivity contribution >= 4 is 17.5 Å². The smallest absolute Gasteiger partial charge is 0.251 e. The first-order chi connectivity index (χ1) is 10.0. The quantitative estimate of drug-likeness (QED) is 0.863. The van der Waals surface area contributed by atoms with E-state index in [9.17, 15) is 14.7 Å². The third-order valence-corrected chi connectivity index (χ3v) is 3.92. The summed E-state index contributed by atoms with van der Waals surface area (Å²) in [5.41, 5.74) is 2.50. The number of aliphatic hydroxyl groups excluding tert-OH is 1. The van der Waals surface area contributed by atoms with Crippen LogP contribution < -0.4 is 10.2 Å². The molecule has 0 saturated carbocycles. The number of anilines is 1. The number of rotatable bonds is 5. The average molecular weight is 290 g/mol. The number of amides is 2. The molecule has 1 atom stereocenters. The third-order valence-electron chi connectivity index (χ3n) is 3.92. The Hall–Kier alpha value is -1.88. The molecule has 0 radical (unpaired) electrons. The normalized spacial score (nSPS) is 15.6. The average Bonchev–Trinajstić information content (AvgIpc) is 2.50. The van der Waals surface area contributed by atoms with Crippen LogP contribution in [0.2, 0.25) is 0 Å². The van der Waals surface area contributed by atoms with Gasteiger partial charge in [-0.1, -0.05) is 6.92 Å². The van der Waals surface area contributed by atoms with E-state index in [4.69, 9.17) is 0 Å². The Morgan fingerprint density at radius 1 is 1.43 bits per heavy atom. The highest BCUT2D eigenvalue weighted by molar-refractivity contribution is 5.98. The Labute approximate surface area is 125 Å². The highest BCUT2D eigenvalue weighted by atomic mass is 16.3. The Morgan fingerprint density at radius 2 is 2.19 bits per heavy atom. The van der Waals surface area contributed by atoms with Crippen LogP contribution in [-0.2, 0) is 11.2 Å². The summed E-state index contributed by atoms with van der Waals surface area (Å²) in [4.78, 5) is 25.3. The molecule has 0 aliphatic carbocycles. The van der Waals surface area contributed by atoms with Crippen molar-refractivity contribution in [1.82, 2.24) is 5.32 Å². The number of nitrogens with one attached hydrogen (secondary N) is 1. The van der Waals surface area contributed by atoms with E-state index < -0.39 is 0 Å². The summed E-state index contributed by atoms with van der Waals surface area (Å²) in [6, 6.07) is 5.41. The van der Waals surface area contributed by atoms with Crippen LogP contribution in [0.15, 0.2) is 18.2 Å². The lowest BCUT2D eigenvalue weighted by molar-refractivity contribution is -0.118. The van der Waals surface area contributed by atoms with Gasteiger partial charge < -0.3 is 15.3 Å². The van der Waals surface area contributed by atoms with Gasteiger partial charge in [-0.3, -0.25) is 9.59 Å². The Morgan fingerprint density at radius 3 is 2.90 bits per heavy atom. The summed E-state index contributed by atoms with van der Waals surface area (Å²) in [6.07, 6.45) is 2.04. The van der Waals surface area contributed by atoms with Crippen LogP contribution in [-0.4, -0.2) is 36.6 Å². The van der Waals surface area contributed by atoms with E-state index in [1.807, 2.05) is 19.1 Å². The van der Waals surface area contributed by atoms with Gasteiger partial charge >= 0.3 is 0 Å². The summed E-state index contributed by atoms with van der Waals surface area (Å²) in [7, 11) is 1.76. The van der Waals surface area contributed by atoms with Crippen molar-refractivity contribution in [3.05, 3.63) is 29.3 Å². The highest BCUT2D eigenvalue weighted by Crippen LogP contribution is 2.27. The number of aliphatic hydroxyl groups is 1. The maximum atomic E-state index is 12.1. The number of fused-ring (bicyclic) bond motifs is 1. The minimum atomic E-state index is -0.367. The summed E-state index contributed by atoms with van der Waals surface area (Å²) < 4.78 is 0. The first kappa shape index (κ1) is 15.5. The Balaban J connectivity index is 2.01. The molecular formula is C16H22N2O3. The molecule has 0 saturated heterocycles. The van der Waals surface area contributed by atoms with Crippen LogP contribution in [0.3, 0.4) is 0 Å². The maximum Gasteiger partial charge on any atom is 0.251 e. The summed E-state index contributed by atoms with van der Waals surface area (Å²) in [5.74, 6) is -0.0334. The first-order valence-corrected chi connectivity index (χ1v) is 7.38. The summed E-state index contributed by atoms with van der Waals surface area (Å²) in [6.45, 7) is 2.37. The van der Waals surface area contributed by atoms with Crippen LogP contribution >= 0.6 is 0 Å². The molecule has 0 fully saturated rings. The van der Waals surface area contributed by atoms with Crippen molar-refractivity contribution in [3.63, 3.8) is 0 Å². The second kappa shape index (κ2) is 6.72. The van der Waals surface area contributed by atoms with Crippen molar-refractivity contribution in [3.8, 4) is 0 Å². The lowest BCUT2D eigenvalue weighted by atomic mass is 9.99. The number of carbonyl (C=O) groups is 2. The van der Waals surface area contributed by atoms with E-state index in [2.05, 4.69) is 5.32 Å². The number of aryl methyl sites for hydroxylation is 1. The molecule has 2 amide bonds. The van der Waals surface area contributed by atoms with E-state index in [1.165, 1.54) is 0 Å². The van der Waals surface area contributed by atoms with E-state index >= 15 is 0 Å². The van der Waals surface area contributed by atoms with Crippen LogP contribution in [0.4, 0.5) is 5.69 Å². The van der Waals surface area contributed by atoms with Gasteiger partial charge in [0.15, 0.2) is 0 Å². The predicted octanol–water partition coefficient (Wildman–Crippen LogP) is 1.49. The summed E-state index contributed by atoms with van der Waals surface area (Å²) in [5, 5.41) is 12.3. The molecule has 1 aromatic carbocycles. The van der Waals surface area contributed by atoms with Crippen molar-refractivity contribution in [2.75, 3.05) is 18.5 Å². The molecule has 21 heavy (non-hydrogen) atoms. The predicted molar refractivity (Wildman–Crippen MR) is 81.4 cm³/mol. The fraction of sp³-hybridized carbons (Fsp3) is 0.500. The van der Waals surface area contributed by atoms with Crippen LogP contribution in [0, 0.1) is 0 Å². The topological polar surface area (TPSA) is 69.6 Å². The second-order valence-corrected chi connectivity index (χ2v) is 5.40. The number of nitrogens with zero attached hydrogens (tertiary/aromatic N) is 1. The second-order valence-electron chi connectivity index (χ2n) is 5.40. The standard InChI is InChI=1S/C16H22N2O3/c1-3-13(19)8-9-17-16(21)12-4-6-14-11(10-12)5-7-15(20)18(14)2/h4,6,10,13,19H,3,5,7-9H2,1-2H3,(H,17,21). The molecule has 1 heterocycles. The minimum absolute atomic E-state index is 0.105. The number of hydrogen-bond donors (Lipinski definition) is 2. The van der Waals surface area contributed by atoms with Crippen molar-refractivity contribution < 1.29 is 14.7 Å². The van der Waals surface area contributed by atoms with E-state index in [-0.39, 0.29) is 17.9 Å². The molecule has 0 spiro atoms. The maximum absolute atomic E-state index is 12.1. The van der Waals surface area contributed by atoms with Gasteiger partial charge in [-0.15, -0.1) is 0 Å². The van der Waals surface area contributed by atoms with Gasteiger partial charge in [0, 0.05) is 31.3 Å². The van der Waals surface area contributed by atoms with Gasteiger partial charge in [-0.25, -0.2) is 0 Å². The van der Waals surface area contributed by atoms with Gasteiger partial charge in [0.1, 0.15) is 0 Å². The zero-order valence-corrected chi connectivity index (χ0v) is 12.6. The lowest BCUT2D eigenvalue weighted by Gasteiger charge is -2.26. The van der Waals surface area contributed by atoms with Crippen molar-refractivity contribution in [1.29, 1.82) is 0 Å². The van der Waals surface area contributed by atoms with Gasteiger partial charge in [-0.05, 0) is 43.0 Å². The van der Waals surface area contributed by atoms with Crippen molar-refractivity contribution in [2.45, 2.75) is 38.7 Å². The van der Waals surface area contributed by atoms with Crippen LogP contribution in [0.1, 0.15) is 42.1 Å². The molecule has 2 rings (SSSR count). The lowest BCUT2D eigenvalue weighted by Crippen LogP contribution is -2.32. The molecular weight excluding hydrogens is 268 g/mol. The van der Waals surface area contributed by atoms with Crippen LogP contribution in [0.25, 0.3) is 0 Å².